The molecule has 0 fully saturated rings. The molecule has 0 radical (unpaired) electrons. The first kappa shape index (κ1) is 12.2. The lowest BCUT2D eigenvalue weighted by Gasteiger charge is -2.06. The molecule has 1 aromatic rings. The molecule has 0 aliphatic heterocycles. The molecule has 1 rings (SSSR count). The number of benzene rings is 1. The van der Waals surface area contributed by atoms with Crippen molar-refractivity contribution < 1.29 is 19.4 Å². The van der Waals surface area contributed by atoms with Crippen molar-refractivity contribution in [1.29, 1.82) is 0 Å². The molecule has 1 amide bonds. The molecule has 86 valence electrons. The van der Waals surface area contributed by atoms with Crippen molar-refractivity contribution in [2.75, 3.05) is 6.61 Å². The molecule has 0 aromatic heterocycles. The monoisotopic (exact) mass is 223 g/mol. The topological polar surface area (TPSA) is 89.6 Å². The molecule has 16 heavy (non-hydrogen) atoms. The molecule has 3 N–H and O–H groups in total. The number of carbonyl (C=O) groups excluding carboxylic acids is 1. The lowest BCUT2D eigenvalue weighted by Crippen LogP contribution is -2.12. The van der Waals surface area contributed by atoms with E-state index >= 15 is 0 Å². The van der Waals surface area contributed by atoms with Gasteiger partial charge in [0.05, 0.1) is 6.61 Å². The van der Waals surface area contributed by atoms with Crippen LogP contribution in [0.2, 0.25) is 0 Å². The molecule has 0 atom stereocenters. The fourth-order valence-electron chi connectivity index (χ4n) is 1.26. The van der Waals surface area contributed by atoms with Crippen molar-refractivity contribution >= 4 is 11.9 Å². The van der Waals surface area contributed by atoms with Gasteiger partial charge in [0, 0.05) is 5.56 Å². The highest BCUT2D eigenvalue weighted by atomic mass is 16.5. The minimum absolute atomic E-state index is 0.206. The first-order valence-corrected chi connectivity index (χ1v) is 4.69. The summed E-state index contributed by atoms with van der Waals surface area (Å²) in [5.74, 6) is -1.49. The van der Waals surface area contributed by atoms with Crippen molar-refractivity contribution in [3.8, 4) is 0 Å². The van der Waals surface area contributed by atoms with Gasteiger partial charge in [-0.2, -0.15) is 0 Å². The normalized spacial score (nSPS) is 10.1. The number of hydrogen-bond acceptors (Lipinski definition) is 3. The van der Waals surface area contributed by atoms with Crippen LogP contribution < -0.4 is 5.73 Å². The Bertz CT molecular complexity index is 414. The predicted molar refractivity (Wildman–Crippen MR) is 57.0 cm³/mol. The number of amides is 1. The summed E-state index contributed by atoms with van der Waals surface area (Å²) in [6.45, 7) is 1.68. The van der Waals surface area contributed by atoms with E-state index in [1.54, 1.807) is 18.2 Å². The lowest BCUT2D eigenvalue weighted by atomic mass is 10.1. The Morgan fingerprint density at radius 3 is 2.62 bits per heavy atom. The number of carboxylic acids is 1. The van der Waals surface area contributed by atoms with Gasteiger partial charge in [-0.3, -0.25) is 4.79 Å². The summed E-state index contributed by atoms with van der Waals surface area (Å²) >= 11 is 0. The van der Waals surface area contributed by atoms with Crippen LogP contribution in [0.1, 0.15) is 21.5 Å². The maximum Gasteiger partial charge on any atom is 0.329 e. The van der Waals surface area contributed by atoms with Crippen molar-refractivity contribution in [3.63, 3.8) is 0 Å². The number of rotatable bonds is 5. The van der Waals surface area contributed by atoms with Crippen molar-refractivity contribution in [3.05, 3.63) is 34.9 Å². The van der Waals surface area contributed by atoms with Crippen LogP contribution in [-0.2, 0) is 16.1 Å². The number of ether oxygens (including phenoxy) is 1. The van der Waals surface area contributed by atoms with Gasteiger partial charge in [-0.15, -0.1) is 0 Å². The first-order valence-electron chi connectivity index (χ1n) is 4.69. The molecule has 0 bridgehead atoms. The van der Waals surface area contributed by atoms with Gasteiger partial charge in [-0.25, -0.2) is 4.79 Å². The number of carbonyl (C=O) groups is 2. The summed E-state index contributed by atoms with van der Waals surface area (Å²) < 4.78 is 4.95. The smallest absolute Gasteiger partial charge is 0.329 e. The Morgan fingerprint density at radius 1 is 1.44 bits per heavy atom. The van der Waals surface area contributed by atoms with E-state index in [0.29, 0.717) is 5.56 Å². The number of carboxylic acid groups (broad SMARTS) is 1. The summed E-state index contributed by atoms with van der Waals surface area (Å²) in [4.78, 5) is 21.1. The SMILES string of the molecule is Cc1cc(C(N)=O)ccc1COCC(=O)O. The second-order valence-electron chi connectivity index (χ2n) is 3.39. The quantitative estimate of drug-likeness (QED) is 0.768. The molecule has 0 spiro atoms. The van der Waals surface area contributed by atoms with E-state index in [-0.39, 0.29) is 13.2 Å². The van der Waals surface area contributed by atoms with Crippen LogP contribution in [0.5, 0.6) is 0 Å². The lowest BCUT2D eigenvalue weighted by molar-refractivity contribution is -0.142. The van der Waals surface area contributed by atoms with Gasteiger partial charge in [0.25, 0.3) is 0 Å². The highest BCUT2D eigenvalue weighted by Crippen LogP contribution is 2.11. The molecular formula is C11H13NO4. The standard InChI is InChI=1S/C11H13NO4/c1-7-4-8(11(12)15)2-3-9(7)5-16-6-10(13)14/h2-4H,5-6H2,1H3,(H2,12,15)(H,13,14). The number of hydrogen-bond donors (Lipinski definition) is 2. The molecular weight excluding hydrogens is 210 g/mol. The molecule has 0 aliphatic rings. The van der Waals surface area contributed by atoms with Crippen LogP contribution in [0.25, 0.3) is 0 Å². The van der Waals surface area contributed by atoms with Gasteiger partial charge in [-0.1, -0.05) is 6.07 Å². The number of primary amides is 1. The third-order valence-electron chi connectivity index (χ3n) is 2.11. The van der Waals surface area contributed by atoms with Crippen molar-refractivity contribution in [2.24, 2.45) is 5.73 Å². The Hall–Kier alpha value is -1.88. The number of aryl methyl sites for hydroxylation is 1. The zero-order valence-corrected chi connectivity index (χ0v) is 8.90. The summed E-state index contributed by atoms with van der Waals surface area (Å²) in [7, 11) is 0. The second kappa shape index (κ2) is 5.27. The predicted octanol–water partition coefficient (Wildman–Crippen LogP) is 0.695. The number of nitrogens with two attached hydrogens (primary N) is 1. The zero-order valence-electron chi connectivity index (χ0n) is 8.90. The van der Waals surface area contributed by atoms with Crippen LogP contribution in [0.15, 0.2) is 18.2 Å². The zero-order chi connectivity index (χ0) is 12.1. The third-order valence-corrected chi connectivity index (χ3v) is 2.11. The average molecular weight is 223 g/mol. The van der Waals surface area contributed by atoms with E-state index in [4.69, 9.17) is 15.6 Å². The largest absolute Gasteiger partial charge is 0.480 e. The molecule has 0 heterocycles. The van der Waals surface area contributed by atoms with Gasteiger partial charge < -0.3 is 15.6 Å². The van der Waals surface area contributed by atoms with Crippen LogP contribution in [0.3, 0.4) is 0 Å². The van der Waals surface area contributed by atoms with Crippen molar-refractivity contribution in [1.82, 2.24) is 0 Å². The minimum atomic E-state index is -1.01. The van der Waals surface area contributed by atoms with E-state index in [1.165, 1.54) is 0 Å². The molecule has 0 saturated carbocycles. The van der Waals surface area contributed by atoms with Crippen LogP contribution in [0.4, 0.5) is 0 Å². The van der Waals surface area contributed by atoms with Crippen LogP contribution in [0, 0.1) is 6.92 Å². The van der Waals surface area contributed by atoms with E-state index in [1.807, 2.05) is 6.92 Å². The Labute approximate surface area is 92.8 Å². The van der Waals surface area contributed by atoms with Crippen LogP contribution >= 0.6 is 0 Å². The Balaban J connectivity index is 2.68. The van der Waals surface area contributed by atoms with Crippen molar-refractivity contribution in [2.45, 2.75) is 13.5 Å². The Morgan fingerprint density at radius 2 is 2.12 bits per heavy atom. The molecule has 5 nitrogen and oxygen atoms in total. The Kier molecular flexibility index (Phi) is 4.02. The van der Waals surface area contributed by atoms with Gasteiger partial charge in [0.2, 0.25) is 5.91 Å². The minimum Gasteiger partial charge on any atom is -0.480 e. The molecule has 1 aromatic carbocycles. The fraction of sp³-hybridized carbons (Fsp3) is 0.273. The maximum absolute atomic E-state index is 10.9. The first-order chi connectivity index (χ1) is 7.50. The highest BCUT2D eigenvalue weighted by Gasteiger charge is 2.05. The van der Waals surface area contributed by atoms with Gasteiger partial charge in [0.1, 0.15) is 6.61 Å². The van der Waals surface area contributed by atoms with E-state index < -0.39 is 11.9 Å². The third kappa shape index (κ3) is 3.36. The fourth-order valence-corrected chi connectivity index (χ4v) is 1.26. The second-order valence-corrected chi connectivity index (χ2v) is 3.39. The summed E-state index contributed by atoms with van der Waals surface area (Å²) in [6, 6.07) is 4.95. The maximum atomic E-state index is 10.9. The summed E-state index contributed by atoms with van der Waals surface area (Å²) in [5.41, 5.74) is 7.24. The number of aliphatic carboxylic acids is 1. The highest BCUT2D eigenvalue weighted by molar-refractivity contribution is 5.93. The van der Waals surface area contributed by atoms with E-state index in [0.717, 1.165) is 11.1 Å². The molecule has 5 heteroatoms. The molecule has 0 unspecified atom stereocenters. The average Bonchev–Trinajstić information content (AvgIpc) is 2.19. The van der Waals surface area contributed by atoms with Crippen LogP contribution in [-0.4, -0.2) is 23.6 Å². The van der Waals surface area contributed by atoms with E-state index in [2.05, 4.69) is 0 Å². The van der Waals surface area contributed by atoms with Gasteiger partial charge >= 0.3 is 5.97 Å². The van der Waals surface area contributed by atoms with Gasteiger partial charge in [0.15, 0.2) is 0 Å². The van der Waals surface area contributed by atoms with E-state index in [9.17, 15) is 9.59 Å². The summed E-state index contributed by atoms with van der Waals surface area (Å²) in [6.07, 6.45) is 0. The molecule has 0 saturated heterocycles. The van der Waals surface area contributed by atoms with Gasteiger partial charge in [-0.05, 0) is 30.2 Å². The summed E-state index contributed by atoms with van der Waals surface area (Å²) in [5, 5.41) is 8.39. The molecule has 0 aliphatic carbocycles.